The zero-order valence-electron chi connectivity index (χ0n) is 23.1. The minimum absolute atomic E-state index is 0.000483. The Morgan fingerprint density at radius 3 is 2.62 bits per heavy atom. The van der Waals surface area contributed by atoms with E-state index in [1.54, 1.807) is 23.4 Å². The van der Waals surface area contributed by atoms with E-state index in [0.29, 0.717) is 29.8 Å². The SMILES string of the molecule is COc1cc(-c2[nH]c3ccc(C4CCN(C(=O)[C@@H]5CCCN5C(C)=O)CC4)cc3c2C(C)C)cn2ncnc12. The van der Waals surface area contributed by atoms with E-state index in [-0.39, 0.29) is 17.9 Å². The van der Waals surface area contributed by atoms with E-state index in [1.165, 1.54) is 22.8 Å². The second kappa shape index (κ2) is 10.0. The van der Waals surface area contributed by atoms with E-state index in [4.69, 9.17) is 4.74 Å². The standard InChI is InChI=1S/C30H36N6O3/c1-18(2)27-23-14-21(20-9-12-34(13-10-20)30(38)25-6-5-11-35(25)19(3)37)7-8-24(23)33-28(27)22-15-26(39-4)29-31-17-32-36(29)16-22/h7-8,14-18,20,25,33H,5-6,9-13H2,1-4H3/t25-/m0/s1. The predicted molar refractivity (Wildman–Crippen MR) is 150 cm³/mol. The third-order valence-corrected chi connectivity index (χ3v) is 8.51. The first kappa shape index (κ1) is 25.4. The molecule has 6 rings (SSSR count). The van der Waals surface area contributed by atoms with Gasteiger partial charge in [-0.25, -0.2) is 9.50 Å². The van der Waals surface area contributed by atoms with Gasteiger partial charge in [-0.15, -0.1) is 0 Å². The number of carbonyl (C=O) groups is 2. The molecule has 0 spiro atoms. The largest absolute Gasteiger partial charge is 0.493 e. The number of H-pyrrole nitrogens is 1. The molecule has 2 amide bonds. The van der Waals surface area contributed by atoms with Gasteiger partial charge < -0.3 is 19.5 Å². The van der Waals surface area contributed by atoms with Crippen LogP contribution in [0.2, 0.25) is 0 Å². The molecular weight excluding hydrogens is 492 g/mol. The monoisotopic (exact) mass is 528 g/mol. The number of aromatic nitrogens is 4. The second-order valence-electron chi connectivity index (χ2n) is 11.2. The molecule has 2 saturated heterocycles. The summed E-state index contributed by atoms with van der Waals surface area (Å²) in [5.74, 6) is 1.51. The van der Waals surface area contributed by atoms with Gasteiger partial charge in [0, 0.05) is 49.2 Å². The highest BCUT2D eigenvalue weighted by molar-refractivity contribution is 5.92. The van der Waals surface area contributed by atoms with Crippen molar-refractivity contribution in [2.75, 3.05) is 26.7 Å². The van der Waals surface area contributed by atoms with Gasteiger partial charge in [0.05, 0.1) is 12.8 Å². The number of piperidine rings is 1. The molecule has 9 nitrogen and oxygen atoms in total. The zero-order valence-corrected chi connectivity index (χ0v) is 23.1. The smallest absolute Gasteiger partial charge is 0.245 e. The lowest BCUT2D eigenvalue weighted by molar-refractivity contribution is -0.143. The Bertz CT molecular complexity index is 1550. The fourth-order valence-corrected chi connectivity index (χ4v) is 6.54. The summed E-state index contributed by atoms with van der Waals surface area (Å²) in [6.07, 6.45) is 7.07. The number of amides is 2. The van der Waals surface area contributed by atoms with Crippen LogP contribution in [0.1, 0.15) is 69.4 Å². The summed E-state index contributed by atoms with van der Waals surface area (Å²) in [7, 11) is 1.65. The average Bonchev–Trinajstić information content (AvgIpc) is 3.69. The topological polar surface area (TPSA) is 95.8 Å². The molecule has 1 N–H and O–H groups in total. The van der Waals surface area contributed by atoms with Crippen molar-refractivity contribution in [3.8, 4) is 17.0 Å². The molecule has 5 heterocycles. The molecule has 0 unspecified atom stereocenters. The van der Waals surface area contributed by atoms with Crippen molar-refractivity contribution in [2.24, 2.45) is 0 Å². The Hall–Kier alpha value is -3.88. The molecule has 204 valence electrons. The van der Waals surface area contributed by atoms with Crippen LogP contribution < -0.4 is 4.74 Å². The maximum atomic E-state index is 13.2. The molecule has 0 aliphatic carbocycles. The molecule has 4 aromatic rings. The molecule has 39 heavy (non-hydrogen) atoms. The summed E-state index contributed by atoms with van der Waals surface area (Å²) in [6, 6.07) is 8.49. The lowest BCUT2D eigenvalue weighted by Crippen LogP contribution is -2.49. The minimum atomic E-state index is -0.280. The molecule has 0 saturated carbocycles. The molecule has 1 aromatic carbocycles. The van der Waals surface area contributed by atoms with Crippen LogP contribution >= 0.6 is 0 Å². The van der Waals surface area contributed by atoms with Gasteiger partial charge in [-0.1, -0.05) is 19.9 Å². The molecule has 2 aliphatic rings. The van der Waals surface area contributed by atoms with Crippen molar-refractivity contribution >= 4 is 28.4 Å². The number of hydrogen-bond acceptors (Lipinski definition) is 5. The van der Waals surface area contributed by atoms with Crippen molar-refractivity contribution in [1.82, 2.24) is 29.4 Å². The third-order valence-electron chi connectivity index (χ3n) is 8.51. The van der Waals surface area contributed by atoms with Gasteiger partial charge >= 0.3 is 0 Å². The summed E-state index contributed by atoms with van der Waals surface area (Å²) >= 11 is 0. The first-order valence-electron chi connectivity index (χ1n) is 13.9. The van der Waals surface area contributed by atoms with Gasteiger partial charge in [-0.3, -0.25) is 9.59 Å². The molecular formula is C30H36N6O3. The van der Waals surface area contributed by atoms with Crippen LogP contribution in [0.3, 0.4) is 0 Å². The molecule has 0 radical (unpaired) electrons. The summed E-state index contributed by atoms with van der Waals surface area (Å²) in [6.45, 7) is 8.17. The van der Waals surface area contributed by atoms with Gasteiger partial charge in [0.15, 0.2) is 11.4 Å². The van der Waals surface area contributed by atoms with Crippen molar-refractivity contribution in [3.05, 3.63) is 47.9 Å². The summed E-state index contributed by atoms with van der Waals surface area (Å²) < 4.78 is 7.37. The highest BCUT2D eigenvalue weighted by atomic mass is 16.5. The number of nitrogens with one attached hydrogen (secondary N) is 1. The number of carbonyl (C=O) groups excluding carboxylic acids is 2. The van der Waals surface area contributed by atoms with E-state index in [0.717, 1.165) is 55.5 Å². The van der Waals surface area contributed by atoms with Gasteiger partial charge in [0.25, 0.3) is 0 Å². The third kappa shape index (κ3) is 4.43. The molecule has 1 atom stereocenters. The van der Waals surface area contributed by atoms with Crippen LogP contribution in [0.15, 0.2) is 36.8 Å². The van der Waals surface area contributed by atoms with Gasteiger partial charge in [-0.05, 0) is 66.8 Å². The second-order valence-corrected chi connectivity index (χ2v) is 11.2. The van der Waals surface area contributed by atoms with Crippen LogP contribution in [-0.2, 0) is 9.59 Å². The summed E-state index contributed by atoms with van der Waals surface area (Å²) in [5, 5.41) is 5.57. The van der Waals surface area contributed by atoms with E-state index in [2.05, 4.69) is 47.1 Å². The van der Waals surface area contributed by atoms with Gasteiger partial charge in [-0.2, -0.15) is 5.10 Å². The van der Waals surface area contributed by atoms with Crippen LogP contribution in [-0.4, -0.2) is 74.0 Å². The number of methoxy groups -OCH3 is 1. The van der Waals surface area contributed by atoms with Crippen molar-refractivity contribution < 1.29 is 14.3 Å². The Morgan fingerprint density at radius 2 is 1.90 bits per heavy atom. The number of ether oxygens (including phenoxy) is 1. The predicted octanol–water partition coefficient (Wildman–Crippen LogP) is 4.73. The Labute approximate surface area is 228 Å². The number of benzene rings is 1. The lowest BCUT2D eigenvalue weighted by atomic mass is 9.87. The van der Waals surface area contributed by atoms with E-state index >= 15 is 0 Å². The number of aromatic amines is 1. The maximum Gasteiger partial charge on any atom is 0.245 e. The molecule has 2 aliphatic heterocycles. The molecule has 9 heteroatoms. The lowest BCUT2D eigenvalue weighted by Gasteiger charge is -2.35. The van der Waals surface area contributed by atoms with Crippen molar-refractivity contribution in [3.63, 3.8) is 0 Å². The van der Waals surface area contributed by atoms with E-state index < -0.39 is 0 Å². The quantitative estimate of drug-likeness (QED) is 0.404. The van der Waals surface area contributed by atoms with E-state index in [9.17, 15) is 9.59 Å². The highest BCUT2D eigenvalue weighted by Gasteiger charge is 2.36. The van der Waals surface area contributed by atoms with Crippen LogP contribution in [0.25, 0.3) is 27.8 Å². The van der Waals surface area contributed by atoms with Crippen molar-refractivity contribution in [1.29, 1.82) is 0 Å². The number of pyridine rings is 1. The first-order chi connectivity index (χ1) is 18.9. The number of hydrogen-bond donors (Lipinski definition) is 1. The molecule has 0 bridgehead atoms. The zero-order chi connectivity index (χ0) is 27.3. The highest BCUT2D eigenvalue weighted by Crippen LogP contribution is 2.39. The Kier molecular flexibility index (Phi) is 6.53. The summed E-state index contributed by atoms with van der Waals surface area (Å²) in [4.78, 5) is 36.9. The fraction of sp³-hybridized carbons (Fsp3) is 0.467. The Morgan fingerprint density at radius 1 is 1.10 bits per heavy atom. The van der Waals surface area contributed by atoms with Crippen LogP contribution in [0.4, 0.5) is 0 Å². The van der Waals surface area contributed by atoms with Crippen LogP contribution in [0.5, 0.6) is 5.75 Å². The summed E-state index contributed by atoms with van der Waals surface area (Å²) in [5.41, 5.74) is 6.46. The number of likely N-dealkylation sites (tertiary alicyclic amines) is 2. The van der Waals surface area contributed by atoms with Crippen LogP contribution in [0, 0.1) is 0 Å². The normalized spacial score (nSPS) is 18.5. The molecule has 3 aromatic heterocycles. The van der Waals surface area contributed by atoms with Gasteiger partial charge in [0.2, 0.25) is 11.8 Å². The number of nitrogens with zero attached hydrogens (tertiary/aromatic N) is 5. The van der Waals surface area contributed by atoms with Crippen molar-refractivity contribution in [2.45, 2.75) is 64.3 Å². The van der Waals surface area contributed by atoms with E-state index in [1.807, 2.05) is 17.2 Å². The minimum Gasteiger partial charge on any atom is -0.493 e. The average molecular weight is 529 g/mol. The number of rotatable bonds is 5. The maximum absolute atomic E-state index is 13.2. The Balaban J connectivity index is 1.26. The first-order valence-corrected chi connectivity index (χ1v) is 13.9. The number of fused-ring (bicyclic) bond motifs is 2. The fourth-order valence-electron chi connectivity index (χ4n) is 6.54. The molecule has 2 fully saturated rings. The van der Waals surface area contributed by atoms with Gasteiger partial charge in [0.1, 0.15) is 12.4 Å².